The summed E-state index contributed by atoms with van der Waals surface area (Å²) in [7, 11) is 0. The van der Waals surface area contributed by atoms with Crippen molar-refractivity contribution >= 4 is 34.5 Å². The highest BCUT2D eigenvalue weighted by Gasteiger charge is 2.15. The molecule has 28 heavy (non-hydrogen) atoms. The maximum atomic E-state index is 12.7. The van der Waals surface area contributed by atoms with Gasteiger partial charge < -0.3 is 10.6 Å². The summed E-state index contributed by atoms with van der Waals surface area (Å²) in [5.74, 6) is -0.553. The number of hydrogen-bond acceptors (Lipinski definition) is 5. The molecule has 0 saturated heterocycles. The van der Waals surface area contributed by atoms with E-state index in [4.69, 9.17) is 0 Å². The smallest absolute Gasteiger partial charge is 0.265 e. The van der Waals surface area contributed by atoms with Crippen molar-refractivity contribution in [2.75, 3.05) is 10.6 Å². The molecule has 8 heteroatoms. The molecule has 2 N–H and O–H groups in total. The Hall–Kier alpha value is -3.78. The van der Waals surface area contributed by atoms with Crippen LogP contribution in [0, 0.1) is 0 Å². The van der Waals surface area contributed by atoms with Crippen LogP contribution in [0.4, 0.5) is 11.4 Å². The normalized spacial score (nSPS) is 10.4. The van der Waals surface area contributed by atoms with Gasteiger partial charge >= 0.3 is 0 Å². The molecule has 2 aromatic carbocycles. The number of thiophene rings is 1. The van der Waals surface area contributed by atoms with Gasteiger partial charge in [0.1, 0.15) is 12.7 Å². The third-order valence-electron chi connectivity index (χ3n) is 3.97. The molecule has 0 aliphatic rings. The topological polar surface area (TPSA) is 88.9 Å². The van der Waals surface area contributed by atoms with E-state index >= 15 is 0 Å². The molecule has 0 saturated carbocycles. The molecule has 0 atom stereocenters. The lowest BCUT2D eigenvalue weighted by molar-refractivity contribution is 0.102. The number of amides is 2. The van der Waals surface area contributed by atoms with Crippen molar-refractivity contribution in [2.45, 2.75) is 0 Å². The van der Waals surface area contributed by atoms with Crippen molar-refractivity contribution in [1.82, 2.24) is 14.8 Å². The first-order chi connectivity index (χ1) is 13.7. The highest BCUT2D eigenvalue weighted by Crippen LogP contribution is 2.20. The molecular weight excluding hydrogens is 374 g/mol. The average Bonchev–Trinajstić information content (AvgIpc) is 3.43. The number of benzene rings is 2. The SMILES string of the molecule is O=C(Nc1ccccc1C(=O)Nc1ccc(-n2cncn2)cc1)c1cccs1. The molecule has 0 fully saturated rings. The van der Waals surface area contributed by atoms with E-state index in [0.717, 1.165) is 5.69 Å². The van der Waals surface area contributed by atoms with E-state index in [0.29, 0.717) is 21.8 Å². The van der Waals surface area contributed by atoms with Gasteiger partial charge in [-0.3, -0.25) is 9.59 Å². The fraction of sp³-hybridized carbons (Fsp3) is 0. The molecule has 4 aromatic rings. The summed E-state index contributed by atoms with van der Waals surface area (Å²) in [6.07, 6.45) is 3.05. The van der Waals surface area contributed by atoms with Crippen LogP contribution in [0.15, 0.2) is 78.7 Å². The summed E-state index contributed by atoms with van der Waals surface area (Å²) in [6.45, 7) is 0. The second-order valence-electron chi connectivity index (χ2n) is 5.82. The number of rotatable bonds is 5. The number of aromatic nitrogens is 3. The van der Waals surface area contributed by atoms with Gasteiger partial charge in [-0.05, 0) is 47.8 Å². The predicted octanol–water partition coefficient (Wildman–Crippen LogP) is 3.83. The maximum absolute atomic E-state index is 12.7. The van der Waals surface area contributed by atoms with Crippen LogP contribution in [0.2, 0.25) is 0 Å². The summed E-state index contributed by atoms with van der Waals surface area (Å²) in [5, 5.41) is 11.5. The summed E-state index contributed by atoms with van der Waals surface area (Å²) in [5.41, 5.74) is 2.30. The summed E-state index contributed by atoms with van der Waals surface area (Å²) >= 11 is 1.34. The largest absolute Gasteiger partial charge is 0.322 e. The number of para-hydroxylation sites is 1. The molecule has 0 aliphatic heterocycles. The fourth-order valence-corrected chi connectivity index (χ4v) is 3.24. The molecule has 0 bridgehead atoms. The first kappa shape index (κ1) is 17.6. The Morgan fingerprint density at radius 2 is 1.71 bits per heavy atom. The van der Waals surface area contributed by atoms with E-state index < -0.39 is 0 Å². The molecular formula is C20H15N5O2S. The van der Waals surface area contributed by atoms with Gasteiger partial charge in [0.25, 0.3) is 11.8 Å². The second-order valence-corrected chi connectivity index (χ2v) is 6.77. The zero-order valence-electron chi connectivity index (χ0n) is 14.6. The molecule has 2 aromatic heterocycles. The Balaban J connectivity index is 1.50. The second kappa shape index (κ2) is 7.85. The minimum Gasteiger partial charge on any atom is -0.322 e. The third kappa shape index (κ3) is 3.81. The standard InChI is InChI=1S/C20H15N5O2S/c26-19(23-14-7-9-15(10-8-14)25-13-21-12-22-25)16-4-1-2-5-17(16)24-20(27)18-6-3-11-28-18/h1-13H,(H,23,26)(H,24,27). The van der Waals surface area contributed by atoms with Crippen LogP contribution in [-0.2, 0) is 0 Å². The highest BCUT2D eigenvalue weighted by molar-refractivity contribution is 7.12. The molecule has 7 nitrogen and oxygen atoms in total. The van der Waals surface area contributed by atoms with Crippen molar-refractivity contribution in [3.05, 3.63) is 89.1 Å². The van der Waals surface area contributed by atoms with Gasteiger partial charge in [-0.2, -0.15) is 5.10 Å². The van der Waals surface area contributed by atoms with E-state index in [9.17, 15) is 9.59 Å². The summed E-state index contributed by atoms with van der Waals surface area (Å²) in [6, 6.07) is 17.7. The Bertz CT molecular complexity index is 1090. The Morgan fingerprint density at radius 3 is 2.43 bits per heavy atom. The number of nitrogens with one attached hydrogen (secondary N) is 2. The monoisotopic (exact) mass is 389 g/mol. The van der Waals surface area contributed by atoms with Crippen LogP contribution >= 0.6 is 11.3 Å². The molecule has 0 radical (unpaired) electrons. The van der Waals surface area contributed by atoms with Crippen LogP contribution < -0.4 is 10.6 Å². The zero-order chi connectivity index (χ0) is 19.3. The van der Waals surface area contributed by atoms with Crippen molar-refractivity contribution in [3.8, 4) is 5.69 Å². The molecule has 0 spiro atoms. The molecule has 2 amide bonds. The van der Waals surface area contributed by atoms with E-state index in [1.165, 1.54) is 17.7 Å². The third-order valence-corrected chi connectivity index (χ3v) is 4.84. The Kier molecular flexibility index (Phi) is 4.94. The van der Waals surface area contributed by atoms with Gasteiger partial charge in [0, 0.05) is 5.69 Å². The van der Waals surface area contributed by atoms with Gasteiger partial charge in [-0.15, -0.1) is 11.3 Å². The molecule has 4 rings (SSSR count). The van der Waals surface area contributed by atoms with Crippen molar-refractivity contribution in [3.63, 3.8) is 0 Å². The number of anilines is 2. The van der Waals surface area contributed by atoms with Crippen LogP contribution in [0.1, 0.15) is 20.0 Å². The number of nitrogens with zero attached hydrogens (tertiary/aromatic N) is 3. The van der Waals surface area contributed by atoms with Gasteiger partial charge in [0.2, 0.25) is 0 Å². The van der Waals surface area contributed by atoms with E-state index in [-0.39, 0.29) is 11.8 Å². The van der Waals surface area contributed by atoms with E-state index in [1.54, 1.807) is 59.5 Å². The minimum absolute atomic E-state index is 0.243. The summed E-state index contributed by atoms with van der Waals surface area (Å²) < 4.78 is 1.63. The van der Waals surface area contributed by atoms with Crippen LogP contribution in [0.3, 0.4) is 0 Å². The van der Waals surface area contributed by atoms with E-state index in [2.05, 4.69) is 20.7 Å². The first-order valence-corrected chi connectivity index (χ1v) is 9.29. The predicted molar refractivity (Wildman–Crippen MR) is 108 cm³/mol. The van der Waals surface area contributed by atoms with Crippen LogP contribution in [0.25, 0.3) is 5.69 Å². The summed E-state index contributed by atoms with van der Waals surface area (Å²) in [4.78, 5) is 29.5. The number of carbonyl (C=O) groups is 2. The maximum Gasteiger partial charge on any atom is 0.265 e. The van der Waals surface area contributed by atoms with Crippen LogP contribution in [0.5, 0.6) is 0 Å². The molecule has 2 heterocycles. The van der Waals surface area contributed by atoms with Gasteiger partial charge in [-0.25, -0.2) is 9.67 Å². The van der Waals surface area contributed by atoms with Crippen molar-refractivity contribution < 1.29 is 9.59 Å². The van der Waals surface area contributed by atoms with Gasteiger partial charge in [0.15, 0.2) is 0 Å². The number of carbonyl (C=O) groups excluding carboxylic acids is 2. The lowest BCUT2D eigenvalue weighted by Crippen LogP contribution is -2.17. The van der Waals surface area contributed by atoms with Crippen molar-refractivity contribution in [1.29, 1.82) is 0 Å². The zero-order valence-corrected chi connectivity index (χ0v) is 15.4. The quantitative estimate of drug-likeness (QED) is 0.543. The van der Waals surface area contributed by atoms with Crippen molar-refractivity contribution in [2.24, 2.45) is 0 Å². The lowest BCUT2D eigenvalue weighted by Gasteiger charge is -2.11. The lowest BCUT2D eigenvalue weighted by atomic mass is 10.1. The molecule has 0 unspecified atom stereocenters. The highest BCUT2D eigenvalue weighted by atomic mass is 32.1. The van der Waals surface area contributed by atoms with Gasteiger partial charge in [-0.1, -0.05) is 18.2 Å². The fourth-order valence-electron chi connectivity index (χ4n) is 2.62. The number of hydrogen-bond donors (Lipinski definition) is 2. The molecule has 138 valence electrons. The minimum atomic E-state index is -0.310. The van der Waals surface area contributed by atoms with Gasteiger partial charge in [0.05, 0.1) is 21.8 Å². The Labute approximate surface area is 164 Å². The Morgan fingerprint density at radius 1 is 0.893 bits per heavy atom. The van der Waals surface area contributed by atoms with Crippen LogP contribution in [-0.4, -0.2) is 26.6 Å². The molecule has 0 aliphatic carbocycles. The average molecular weight is 389 g/mol. The first-order valence-electron chi connectivity index (χ1n) is 8.41. The van der Waals surface area contributed by atoms with E-state index in [1.807, 2.05) is 17.5 Å².